The largest absolute Gasteiger partial charge is 0.345 e. The van der Waals surface area contributed by atoms with Crippen molar-refractivity contribution in [1.82, 2.24) is 20.2 Å². The van der Waals surface area contributed by atoms with Gasteiger partial charge in [0.05, 0.1) is 31.0 Å². The van der Waals surface area contributed by atoms with Gasteiger partial charge in [0.25, 0.3) is 5.91 Å². The third-order valence-corrected chi connectivity index (χ3v) is 7.10. The Morgan fingerprint density at radius 3 is 2.77 bits per heavy atom. The molecule has 0 unspecified atom stereocenters. The molecule has 0 aliphatic carbocycles. The number of nitrogens with zero attached hydrogens (tertiary/aromatic N) is 3. The fraction of sp³-hybridized carbons (Fsp3) is 0.348. The highest BCUT2D eigenvalue weighted by Gasteiger charge is 2.69. The minimum absolute atomic E-state index is 0.201. The van der Waals surface area contributed by atoms with Gasteiger partial charge < -0.3 is 15.2 Å². The molecule has 31 heavy (non-hydrogen) atoms. The molecule has 160 valence electrons. The van der Waals surface area contributed by atoms with Crippen molar-refractivity contribution in [1.29, 1.82) is 0 Å². The molecule has 2 aromatic rings. The Morgan fingerprint density at radius 1 is 1.32 bits per heavy atom. The molecule has 8 heteroatoms. The number of anilines is 1. The van der Waals surface area contributed by atoms with Gasteiger partial charge in [-0.05, 0) is 29.5 Å². The number of amides is 2. The predicted octanol–water partition coefficient (Wildman–Crippen LogP) is 2.34. The van der Waals surface area contributed by atoms with Crippen LogP contribution in [0.5, 0.6) is 0 Å². The van der Waals surface area contributed by atoms with Crippen molar-refractivity contribution in [2.75, 3.05) is 12.2 Å². The summed E-state index contributed by atoms with van der Waals surface area (Å²) in [6.07, 6.45) is 6.64. The van der Waals surface area contributed by atoms with E-state index in [4.69, 9.17) is 4.84 Å². The molecule has 8 nitrogen and oxygen atoms in total. The van der Waals surface area contributed by atoms with Crippen LogP contribution in [0.25, 0.3) is 6.08 Å². The van der Waals surface area contributed by atoms with Gasteiger partial charge in [-0.2, -0.15) is 0 Å². The highest BCUT2D eigenvalue weighted by Crippen LogP contribution is 2.62. The number of hydrogen-bond donors (Lipinski definition) is 2. The first-order valence-corrected chi connectivity index (χ1v) is 10.3. The molecule has 2 amide bonds. The zero-order chi connectivity index (χ0) is 22.0. The number of carbonyl (C=O) groups excluding carboxylic acids is 2. The number of piperazine rings is 1. The number of aromatic amines is 1. The second-order valence-corrected chi connectivity index (χ2v) is 8.78. The van der Waals surface area contributed by atoms with Crippen molar-refractivity contribution >= 4 is 23.6 Å². The van der Waals surface area contributed by atoms with Crippen molar-refractivity contribution in [2.45, 2.75) is 37.9 Å². The number of allylic oxidation sites excluding steroid dienone is 1. The summed E-state index contributed by atoms with van der Waals surface area (Å²) in [5, 5.41) is 4.58. The van der Waals surface area contributed by atoms with E-state index in [-0.39, 0.29) is 17.5 Å². The molecular formula is C23H25N5O3. The maximum absolute atomic E-state index is 13.7. The van der Waals surface area contributed by atoms with Gasteiger partial charge in [-0.1, -0.05) is 38.1 Å². The molecule has 0 spiro atoms. The Hall–Kier alpha value is -3.39. The minimum Gasteiger partial charge on any atom is -0.345 e. The van der Waals surface area contributed by atoms with E-state index in [0.717, 1.165) is 11.3 Å². The van der Waals surface area contributed by atoms with E-state index >= 15 is 0 Å². The molecule has 0 saturated carbocycles. The minimum atomic E-state index is -0.610. The molecule has 0 bridgehead atoms. The number of aromatic nitrogens is 2. The lowest BCUT2D eigenvalue weighted by Crippen LogP contribution is -2.61. The summed E-state index contributed by atoms with van der Waals surface area (Å²) in [5.74, 6) is -0.451. The zero-order valence-electron chi connectivity index (χ0n) is 17.8. The lowest BCUT2D eigenvalue weighted by atomic mass is 9.60. The fourth-order valence-electron chi connectivity index (χ4n) is 5.46. The third kappa shape index (κ3) is 2.42. The molecule has 0 radical (unpaired) electrons. The normalized spacial score (nSPS) is 28.4. The van der Waals surface area contributed by atoms with Crippen molar-refractivity contribution in [2.24, 2.45) is 5.41 Å². The Balaban J connectivity index is 1.71. The molecule has 2 N–H and O–H groups in total. The number of para-hydroxylation sites is 1. The van der Waals surface area contributed by atoms with Crippen LogP contribution in [-0.4, -0.2) is 46.0 Å². The predicted molar refractivity (Wildman–Crippen MR) is 115 cm³/mol. The second kappa shape index (κ2) is 6.55. The average Bonchev–Trinajstić information content (AvgIpc) is 3.45. The molecule has 3 aliphatic rings. The maximum Gasteiger partial charge on any atom is 0.272 e. The second-order valence-electron chi connectivity index (χ2n) is 8.78. The highest BCUT2D eigenvalue weighted by molar-refractivity contribution is 6.08. The van der Waals surface area contributed by atoms with Gasteiger partial charge in [0.1, 0.15) is 17.9 Å². The standard InChI is InChI=1S/C23H25N5O3/c1-5-22(2,3)23-11-18-19(29)26-16(10-14-12-24-13-25-14)20(30)27(18)21(23)28(31-4)17-9-7-6-8-15(17)23/h5-10,12-13,18,21H,1,11H2,2-4H3,(H,24,25)(H,26,29)/t18-,21+,23+/m0/s1. The number of carbonyl (C=O) groups is 2. The Morgan fingerprint density at radius 2 is 2.10 bits per heavy atom. The van der Waals surface area contributed by atoms with Gasteiger partial charge in [0, 0.05) is 5.41 Å². The number of fused-ring (bicyclic) bond motifs is 5. The van der Waals surface area contributed by atoms with Crippen molar-refractivity contribution in [3.05, 3.63) is 66.4 Å². The van der Waals surface area contributed by atoms with Crippen LogP contribution in [-0.2, 0) is 19.8 Å². The Labute approximate surface area is 180 Å². The van der Waals surface area contributed by atoms with E-state index < -0.39 is 23.0 Å². The first-order valence-electron chi connectivity index (χ1n) is 10.3. The average molecular weight is 419 g/mol. The lowest BCUT2D eigenvalue weighted by molar-refractivity contribution is -0.143. The molecule has 4 heterocycles. The third-order valence-electron chi connectivity index (χ3n) is 7.10. The van der Waals surface area contributed by atoms with E-state index in [0.29, 0.717) is 12.1 Å². The molecule has 3 aliphatic heterocycles. The van der Waals surface area contributed by atoms with Crippen molar-refractivity contribution in [3.8, 4) is 0 Å². The van der Waals surface area contributed by atoms with Crippen LogP contribution in [0.4, 0.5) is 5.69 Å². The molecule has 2 fully saturated rings. The van der Waals surface area contributed by atoms with Crippen LogP contribution in [0.2, 0.25) is 0 Å². The van der Waals surface area contributed by atoms with E-state index in [9.17, 15) is 9.59 Å². The van der Waals surface area contributed by atoms with E-state index in [1.54, 1.807) is 29.3 Å². The number of nitrogens with one attached hydrogen (secondary N) is 2. The van der Waals surface area contributed by atoms with Gasteiger partial charge in [-0.3, -0.25) is 14.4 Å². The van der Waals surface area contributed by atoms with E-state index in [1.165, 1.54) is 6.33 Å². The monoisotopic (exact) mass is 419 g/mol. The summed E-state index contributed by atoms with van der Waals surface area (Å²) in [4.78, 5) is 41.3. The SMILES string of the molecule is C=CC(C)(C)[C@@]12C[C@H]3C(=O)NC(=Cc4cnc[nH]4)C(=O)N3[C@@H]1N(OC)c1ccccc12. The first kappa shape index (κ1) is 19.6. The molecular weight excluding hydrogens is 394 g/mol. The van der Waals surface area contributed by atoms with Crippen molar-refractivity contribution < 1.29 is 14.4 Å². The van der Waals surface area contributed by atoms with Crippen LogP contribution < -0.4 is 10.4 Å². The summed E-state index contributed by atoms with van der Waals surface area (Å²) in [5.41, 5.74) is 1.82. The molecule has 1 aromatic carbocycles. The molecule has 2 saturated heterocycles. The molecule has 5 rings (SSSR count). The van der Waals surface area contributed by atoms with Crippen LogP contribution in [0, 0.1) is 5.41 Å². The van der Waals surface area contributed by atoms with Gasteiger partial charge in [-0.15, -0.1) is 6.58 Å². The zero-order valence-corrected chi connectivity index (χ0v) is 17.8. The van der Waals surface area contributed by atoms with E-state index in [1.807, 2.05) is 24.3 Å². The summed E-state index contributed by atoms with van der Waals surface area (Å²) in [7, 11) is 1.59. The van der Waals surface area contributed by atoms with E-state index in [2.05, 4.69) is 41.8 Å². The number of benzene rings is 1. The summed E-state index contributed by atoms with van der Waals surface area (Å²) in [6, 6.07) is 7.38. The maximum atomic E-state index is 13.7. The number of rotatable bonds is 4. The van der Waals surface area contributed by atoms with Gasteiger partial charge >= 0.3 is 0 Å². The topological polar surface area (TPSA) is 90.6 Å². The molecule has 1 aromatic heterocycles. The summed E-state index contributed by atoms with van der Waals surface area (Å²) < 4.78 is 0. The highest BCUT2D eigenvalue weighted by atomic mass is 16.7. The first-order chi connectivity index (χ1) is 14.9. The number of H-pyrrole nitrogens is 1. The van der Waals surface area contributed by atoms with Crippen LogP contribution in [0.1, 0.15) is 31.5 Å². The number of hydrogen-bond acceptors (Lipinski definition) is 5. The Kier molecular flexibility index (Phi) is 4.14. The van der Waals surface area contributed by atoms with Gasteiger partial charge in [0.15, 0.2) is 0 Å². The van der Waals surface area contributed by atoms with Gasteiger partial charge in [0.2, 0.25) is 5.91 Å². The number of hydroxylamine groups is 1. The summed E-state index contributed by atoms with van der Waals surface area (Å²) >= 11 is 0. The lowest BCUT2D eigenvalue weighted by Gasteiger charge is -2.45. The van der Waals surface area contributed by atoms with Crippen LogP contribution >= 0.6 is 0 Å². The molecule has 3 atom stereocenters. The summed E-state index contributed by atoms with van der Waals surface area (Å²) in [6.45, 7) is 8.30. The van der Waals surface area contributed by atoms with Crippen LogP contribution in [0.3, 0.4) is 0 Å². The number of imidazole rings is 1. The quantitative estimate of drug-likeness (QED) is 0.586. The van der Waals surface area contributed by atoms with Crippen LogP contribution in [0.15, 0.2) is 55.1 Å². The Bertz CT molecular complexity index is 1110. The fourth-order valence-corrected chi connectivity index (χ4v) is 5.46. The smallest absolute Gasteiger partial charge is 0.272 e. The van der Waals surface area contributed by atoms with Gasteiger partial charge in [-0.25, -0.2) is 10.0 Å². The van der Waals surface area contributed by atoms with Crippen molar-refractivity contribution in [3.63, 3.8) is 0 Å².